The van der Waals surface area contributed by atoms with Gasteiger partial charge in [0.15, 0.2) is 11.5 Å². The molecular formula is C23H28N2O6S2. The van der Waals surface area contributed by atoms with Gasteiger partial charge in [0, 0.05) is 26.1 Å². The number of sulfonamides is 2. The van der Waals surface area contributed by atoms with Crippen molar-refractivity contribution in [2.45, 2.75) is 47.9 Å². The Hall–Kier alpha value is -2.14. The van der Waals surface area contributed by atoms with E-state index in [4.69, 9.17) is 9.47 Å². The highest BCUT2D eigenvalue weighted by Crippen LogP contribution is 2.40. The summed E-state index contributed by atoms with van der Waals surface area (Å²) in [7, 11) is -7.38. The molecule has 33 heavy (non-hydrogen) atoms. The summed E-state index contributed by atoms with van der Waals surface area (Å²) in [4.78, 5) is 0.230. The van der Waals surface area contributed by atoms with Crippen molar-refractivity contribution in [2.75, 3.05) is 32.8 Å². The Bertz CT molecular complexity index is 1220. The Morgan fingerprint density at radius 1 is 0.697 bits per heavy atom. The molecule has 2 aromatic carbocycles. The van der Waals surface area contributed by atoms with Crippen LogP contribution in [0, 0.1) is 0 Å². The van der Waals surface area contributed by atoms with E-state index in [1.165, 1.54) is 32.9 Å². The predicted molar refractivity (Wildman–Crippen MR) is 122 cm³/mol. The van der Waals surface area contributed by atoms with Gasteiger partial charge in [0.05, 0.1) is 29.0 Å². The smallest absolute Gasteiger partial charge is 0.243 e. The minimum Gasteiger partial charge on any atom is -0.490 e. The Balaban J connectivity index is 1.40. The van der Waals surface area contributed by atoms with Crippen LogP contribution in [0.2, 0.25) is 0 Å². The molecule has 0 bridgehead atoms. The lowest BCUT2D eigenvalue weighted by Gasteiger charge is -2.25. The summed E-state index contributed by atoms with van der Waals surface area (Å²) in [6.07, 6.45) is 3.96. The summed E-state index contributed by atoms with van der Waals surface area (Å²) in [5.74, 6) is 1.32. The van der Waals surface area contributed by atoms with Gasteiger partial charge in [-0.2, -0.15) is 8.61 Å². The van der Waals surface area contributed by atoms with Crippen molar-refractivity contribution in [3.8, 4) is 11.5 Å². The van der Waals surface area contributed by atoms with Crippen molar-refractivity contribution < 1.29 is 26.3 Å². The third-order valence-electron chi connectivity index (χ3n) is 6.49. The number of benzene rings is 2. The van der Waals surface area contributed by atoms with Crippen molar-refractivity contribution in [1.29, 1.82) is 0 Å². The highest BCUT2D eigenvalue weighted by atomic mass is 32.2. The quantitative estimate of drug-likeness (QED) is 0.637. The number of rotatable bonds is 5. The lowest BCUT2D eigenvalue weighted by molar-refractivity contribution is 0.296. The largest absolute Gasteiger partial charge is 0.490 e. The summed E-state index contributed by atoms with van der Waals surface area (Å²) in [6, 6.07) is 10.9. The lowest BCUT2D eigenvalue weighted by Crippen LogP contribution is -2.31. The number of ether oxygens (including phenoxy) is 2. The van der Waals surface area contributed by atoms with Crippen LogP contribution in [0.15, 0.2) is 52.3 Å². The highest BCUT2D eigenvalue weighted by Gasteiger charge is 2.37. The second-order valence-electron chi connectivity index (χ2n) is 8.61. The fraction of sp³-hybridized carbons (Fsp3) is 0.478. The van der Waals surface area contributed by atoms with E-state index in [0.29, 0.717) is 50.8 Å². The van der Waals surface area contributed by atoms with E-state index >= 15 is 0 Å². The van der Waals surface area contributed by atoms with Gasteiger partial charge in [0.25, 0.3) is 0 Å². The summed E-state index contributed by atoms with van der Waals surface area (Å²) >= 11 is 0. The van der Waals surface area contributed by atoms with Gasteiger partial charge in [0.2, 0.25) is 20.0 Å². The van der Waals surface area contributed by atoms with Crippen LogP contribution in [-0.2, 0) is 20.0 Å². The van der Waals surface area contributed by atoms with Crippen LogP contribution in [0.5, 0.6) is 11.5 Å². The molecule has 2 fully saturated rings. The molecular weight excluding hydrogens is 464 g/mol. The molecule has 5 rings (SSSR count). The minimum atomic E-state index is -3.79. The zero-order valence-electron chi connectivity index (χ0n) is 18.4. The first kappa shape index (κ1) is 22.6. The zero-order chi connectivity index (χ0) is 23.1. The van der Waals surface area contributed by atoms with E-state index in [9.17, 15) is 16.8 Å². The topological polar surface area (TPSA) is 93.2 Å². The molecule has 8 nitrogen and oxygen atoms in total. The maximum atomic E-state index is 13.5. The molecule has 3 aliphatic rings. The normalized spacial score (nSPS) is 22.4. The van der Waals surface area contributed by atoms with Gasteiger partial charge in [0.1, 0.15) is 0 Å². The summed E-state index contributed by atoms with van der Waals surface area (Å²) in [5, 5.41) is 0. The SMILES string of the molecule is O=S(=O)(c1ccc(S(=O)(=O)N2CCC[C@H]2c2ccc3c(c2)OCCCO3)cc1)N1CCCC1. The summed E-state index contributed by atoms with van der Waals surface area (Å²) < 4.78 is 67.0. The van der Waals surface area contributed by atoms with Crippen molar-refractivity contribution >= 4 is 20.0 Å². The van der Waals surface area contributed by atoms with Gasteiger partial charge in [-0.3, -0.25) is 0 Å². The molecule has 10 heteroatoms. The maximum Gasteiger partial charge on any atom is 0.243 e. The third kappa shape index (κ3) is 4.25. The minimum absolute atomic E-state index is 0.101. The van der Waals surface area contributed by atoms with Crippen LogP contribution < -0.4 is 9.47 Å². The van der Waals surface area contributed by atoms with Crippen molar-refractivity contribution in [2.24, 2.45) is 0 Å². The molecule has 2 aromatic rings. The molecule has 0 saturated carbocycles. The van der Waals surface area contributed by atoms with Gasteiger partial charge in [-0.25, -0.2) is 16.8 Å². The van der Waals surface area contributed by atoms with E-state index in [1.54, 1.807) is 0 Å². The Labute approximate surface area is 195 Å². The second kappa shape index (κ2) is 8.90. The maximum absolute atomic E-state index is 13.5. The van der Waals surface area contributed by atoms with Crippen molar-refractivity contribution in [1.82, 2.24) is 8.61 Å². The van der Waals surface area contributed by atoms with Crippen molar-refractivity contribution in [3.63, 3.8) is 0 Å². The highest BCUT2D eigenvalue weighted by molar-refractivity contribution is 7.89. The van der Waals surface area contributed by atoms with E-state index in [1.807, 2.05) is 18.2 Å². The van der Waals surface area contributed by atoms with Crippen LogP contribution in [0.1, 0.15) is 43.7 Å². The summed E-state index contributed by atoms with van der Waals surface area (Å²) in [6.45, 7) is 2.59. The standard InChI is InChI=1S/C23H28N2O6S2/c26-32(27,24-12-1-2-13-24)19-7-9-20(10-8-19)33(28,29)25-14-3-5-21(25)18-6-11-22-23(17-18)31-16-4-15-30-22/h6-11,17,21H,1-5,12-16H2/t21-/m0/s1. The van der Waals surface area contributed by atoms with Crippen LogP contribution in [0.25, 0.3) is 0 Å². The predicted octanol–water partition coefficient (Wildman–Crippen LogP) is 3.16. The fourth-order valence-corrected chi connectivity index (χ4v) is 7.94. The average molecular weight is 493 g/mol. The Morgan fingerprint density at radius 3 is 2.03 bits per heavy atom. The molecule has 1 atom stereocenters. The molecule has 3 aliphatic heterocycles. The van der Waals surface area contributed by atoms with E-state index in [0.717, 1.165) is 31.2 Å². The third-order valence-corrected chi connectivity index (χ3v) is 10.3. The molecule has 2 saturated heterocycles. The molecule has 3 heterocycles. The first-order valence-electron chi connectivity index (χ1n) is 11.4. The first-order valence-corrected chi connectivity index (χ1v) is 14.3. The monoisotopic (exact) mass is 492 g/mol. The van der Waals surface area contributed by atoms with E-state index in [-0.39, 0.29) is 15.8 Å². The molecule has 0 radical (unpaired) electrons. The van der Waals surface area contributed by atoms with Gasteiger partial charge in [-0.15, -0.1) is 0 Å². The zero-order valence-corrected chi connectivity index (χ0v) is 20.0. The van der Waals surface area contributed by atoms with Crippen LogP contribution >= 0.6 is 0 Å². The lowest BCUT2D eigenvalue weighted by atomic mass is 10.0. The van der Waals surface area contributed by atoms with E-state index in [2.05, 4.69) is 0 Å². The summed E-state index contributed by atoms with van der Waals surface area (Å²) in [5.41, 5.74) is 0.869. The molecule has 0 unspecified atom stereocenters. The average Bonchev–Trinajstić information content (AvgIpc) is 3.48. The van der Waals surface area contributed by atoms with Crippen LogP contribution in [-0.4, -0.2) is 58.3 Å². The molecule has 0 amide bonds. The van der Waals surface area contributed by atoms with Gasteiger partial charge in [-0.05, 0) is 67.6 Å². The molecule has 0 spiro atoms. The number of nitrogens with zero attached hydrogens (tertiary/aromatic N) is 2. The number of hydrogen-bond donors (Lipinski definition) is 0. The van der Waals surface area contributed by atoms with Gasteiger partial charge in [-0.1, -0.05) is 6.07 Å². The van der Waals surface area contributed by atoms with Crippen molar-refractivity contribution in [3.05, 3.63) is 48.0 Å². The molecule has 0 N–H and O–H groups in total. The fourth-order valence-electron chi connectivity index (χ4n) is 4.74. The molecule has 0 aliphatic carbocycles. The van der Waals surface area contributed by atoms with Gasteiger partial charge < -0.3 is 9.47 Å². The molecule has 178 valence electrons. The number of hydrogen-bond acceptors (Lipinski definition) is 6. The van der Waals surface area contributed by atoms with E-state index < -0.39 is 20.0 Å². The number of fused-ring (bicyclic) bond motifs is 1. The molecule has 0 aromatic heterocycles. The van der Waals surface area contributed by atoms with Gasteiger partial charge >= 0.3 is 0 Å². The Kier molecular flexibility index (Phi) is 6.11. The second-order valence-corrected chi connectivity index (χ2v) is 12.4. The Morgan fingerprint density at radius 2 is 1.33 bits per heavy atom. The van der Waals surface area contributed by atoms with Crippen LogP contribution in [0.4, 0.5) is 0 Å². The first-order chi connectivity index (χ1) is 15.9. The van der Waals surface area contributed by atoms with Crippen LogP contribution in [0.3, 0.4) is 0 Å².